The summed E-state index contributed by atoms with van der Waals surface area (Å²) < 4.78 is 0. The summed E-state index contributed by atoms with van der Waals surface area (Å²) in [7, 11) is 0. The van der Waals surface area contributed by atoms with E-state index in [1.165, 1.54) is 0 Å². The molecule has 0 unspecified atom stereocenters. The molecule has 0 aliphatic heterocycles. The van der Waals surface area contributed by atoms with Crippen LogP contribution >= 0.6 is 23.2 Å². The summed E-state index contributed by atoms with van der Waals surface area (Å²) in [5.41, 5.74) is 3.77. The summed E-state index contributed by atoms with van der Waals surface area (Å²) in [6, 6.07) is 15.3. The first-order chi connectivity index (χ1) is 9.61. The van der Waals surface area contributed by atoms with Crippen molar-refractivity contribution in [3.05, 3.63) is 64.3 Å². The van der Waals surface area contributed by atoms with E-state index in [9.17, 15) is 0 Å². The van der Waals surface area contributed by atoms with E-state index >= 15 is 0 Å². The lowest BCUT2D eigenvalue weighted by Crippen LogP contribution is -1.94. The molecule has 0 atom stereocenters. The van der Waals surface area contributed by atoms with Crippen molar-refractivity contribution in [2.75, 3.05) is 5.32 Å². The zero-order chi connectivity index (χ0) is 14.1. The average Bonchev–Trinajstić information content (AvgIpc) is 2.39. The number of pyridine rings is 1. The molecule has 0 fully saturated rings. The van der Waals surface area contributed by atoms with Gasteiger partial charge in [0.05, 0.1) is 5.52 Å². The van der Waals surface area contributed by atoms with Gasteiger partial charge in [0.25, 0.3) is 0 Å². The van der Waals surface area contributed by atoms with Crippen LogP contribution in [0.4, 0.5) is 11.4 Å². The van der Waals surface area contributed by atoms with Crippen molar-refractivity contribution in [3.8, 4) is 0 Å². The Bertz CT molecular complexity index is 785. The number of rotatable bonds is 2. The quantitative estimate of drug-likeness (QED) is 0.667. The maximum atomic E-state index is 6.08. The Balaban J connectivity index is 2.12. The summed E-state index contributed by atoms with van der Waals surface area (Å²) in [6.45, 7) is 1.97. The van der Waals surface area contributed by atoms with Gasteiger partial charge in [0.2, 0.25) is 0 Å². The van der Waals surface area contributed by atoms with Crippen LogP contribution in [0.25, 0.3) is 10.9 Å². The fourth-order valence-corrected chi connectivity index (χ4v) is 2.52. The molecule has 0 radical (unpaired) electrons. The van der Waals surface area contributed by atoms with Crippen LogP contribution in [0.5, 0.6) is 0 Å². The maximum Gasteiger partial charge on any atom is 0.0727 e. The van der Waals surface area contributed by atoms with E-state index in [0.717, 1.165) is 28.0 Å². The third-order valence-corrected chi connectivity index (χ3v) is 3.47. The van der Waals surface area contributed by atoms with E-state index in [2.05, 4.69) is 10.3 Å². The summed E-state index contributed by atoms with van der Waals surface area (Å²) in [4.78, 5) is 4.51. The topological polar surface area (TPSA) is 24.9 Å². The van der Waals surface area contributed by atoms with Crippen molar-refractivity contribution in [1.29, 1.82) is 0 Å². The van der Waals surface area contributed by atoms with Crippen molar-refractivity contribution in [1.82, 2.24) is 4.98 Å². The van der Waals surface area contributed by atoms with E-state index in [1.807, 2.05) is 55.5 Å². The molecule has 3 aromatic rings. The number of benzene rings is 2. The molecule has 0 spiro atoms. The minimum Gasteiger partial charge on any atom is -0.355 e. The van der Waals surface area contributed by atoms with Crippen LogP contribution in [0, 0.1) is 6.92 Å². The second-order valence-electron chi connectivity index (χ2n) is 4.61. The molecule has 2 nitrogen and oxygen atoms in total. The Hall–Kier alpha value is -1.77. The number of nitrogens with one attached hydrogen (secondary N) is 1. The number of aryl methyl sites for hydroxylation is 1. The van der Waals surface area contributed by atoms with Crippen molar-refractivity contribution in [2.45, 2.75) is 6.92 Å². The fourth-order valence-electron chi connectivity index (χ4n) is 2.16. The predicted molar refractivity (Wildman–Crippen MR) is 86.2 cm³/mol. The molecule has 100 valence electrons. The monoisotopic (exact) mass is 302 g/mol. The fraction of sp³-hybridized carbons (Fsp3) is 0.0625. The SMILES string of the molecule is Cc1cc(Nc2cccc(Cl)c2)c2cc(Cl)ccc2n1. The van der Waals surface area contributed by atoms with Gasteiger partial charge in [0, 0.05) is 32.5 Å². The molecule has 3 rings (SSSR count). The summed E-state index contributed by atoms with van der Waals surface area (Å²) in [6.07, 6.45) is 0. The molecule has 1 aromatic heterocycles. The van der Waals surface area contributed by atoms with Crippen LogP contribution in [-0.4, -0.2) is 4.98 Å². The predicted octanol–water partition coefficient (Wildman–Crippen LogP) is 5.59. The van der Waals surface area contributed by atoms with Gasteiger partial charge in [-0.15, -0.1) is 0 Å². The summed E-state index contributed by atoms with van der Waals surface area (Å²) in [5.74, 6) is 0. The zero-order valence-corrected chi connectivity index (χ0v) is 12.3. The molecule has 0 bridgehead atoms. The molecular weight excluding hydrogens is 291 g/mol. The second-order valence-corrected chi connectivity index (χ2v) is 5.48. The smallest absolute Gasteiger partial charge is 0.0727 e. The Morgan fingerprint density at radius 3 is 2.55 bits per heavy atom. The molecule has 0 aliphatic carbocycles. The van der Waals surface area contributed by atoms with Crippen molar-refractivity contribution in [3.63, 3.8) is 0 Å². The number of hydrogen-bond donors (Lipinski definition) is 1. The first-order valence-corrected chi connectivity index (χ1v) is 6.97. The zero-order valence-electron chi connectivity index (χ0n) is 10.8. The van der Waals surface area contributed by atoms with Crippen LogP contribution in [0.1, 0.15) is 5.69 Å². The standard InChI is InChI=1S/C16H12Cl2N2/c1-10-7-16(20-13-4-2-3-11(17)8-13)14-9-12(18)5-6-15(14)19-10/h2-9H,1H3,(H,19,20). The van der Waals surface area contributed by atoms with Crippen LogP contribution in [0.3, 0.4) is 0 Å². The first-order valence-electron chi connectivity index (χ1n) is 6.21. The largest absolute Gasteiger partial charge is 0.355 e. The summed E-state index contributed by atoms with van der Waals surface area (Å²) in [5, 5.41) is 5.75. The number of anilines is 2. The molecule has 0 aliphatic rings. The van der Waals surface area contributed by atoms with Gasteiger partial charge in [0.15, 0.2) is 0 Å². The number of hydrogen-bond acceptors (Lipinski definition) is 2. The minimum absolute atomic E-state index is 0.692. The normalized spacial score (nSPS) is 10.8. The maximum absolute atomic E-state index is 6.08. The number of nitrogens with zero attached hydrogens (tertiary/aromatic N) is 1. The molecular formula is C16H12Cl2N2. The molecule has 0 amide bonds. The van der Waals surface area contributed by atoms with E-state index < -0.39 is 0 Å². The summed E-state index contributed by atoms with van der Waals surface area (Å²) >= 11 is 12.1. The highest BCUT2D eigenvalue weighted by Crippen LogP contribution is 2.29. The molecule has 1 N–H and O–H groups in total. The van der Waals surface area contributed by atoms with Crippen molar-refractivity contribution in [2.24, 2.45) is 0 Å². The van der Waals surface area contributed by atoms with Crippen molar-refractivity contribution >= 4 is 45.5 Å². The lowest BCUT2D eigenvalue weighted by molar-refractivity contribution is 1.25. The van der Waals surface area contributed by atoms with Gasteiger partial charge in [-0.2, -0.15) is 0 Å². The Labute approximate surface area is 127 Å². The molecule has 20 heavy (non-hydrogen) atoms. The highest BCUT2D eigenvalue weighted by atomic mass is 35.5. The van der Waals surface area contributed by atoms with Crippen LogP contribution in [0.2, 0.25) is 10.0 Å². The third kappa shape index (κ3) is 2.72. The van der Waals surface area contributed by atoms with E-state index in [0.29, 0.717) is 10.0 Å². The minimum atomic E-state index is 0.692. The van der Waals surface area contributed by atoms with Gasteiger partial charge in [-0.1, -0.05) is 29.3 Å². The van der Waals surface area contributed by atoms with Crippen LogP contribution in [0.15, 0.2) is 48.5 Å². The molecule has 0 saturated heterocycles. The molecule has 1 heterocycles. The van der Waals surface area contributed by atoms with E-state index in [-0.39, 0.29) is 0 Å². The highest BCUT2D eigenvalue weighted by molar-refractivity contribution is 6.31. The second kappa shape index (κ2) is 5.31. The van der Waals surface area contributed by atoms with Crippen LogP contribution < -0.4 is 5.32 Å². The number of aromatic nitrogens is 1. The van der Waals surface area contributed by atoms with Gasteiger partial charge >= 0.3 is 0 Å². The number of halogens is 2. The third-order valence-electron chi connectivity index (χ3n) is 3.00. The first kappa shape index (κ1) is 13.2. The van der Waals surface area contributed by atoms with Crippen molar-refractivity contribution < 1.29 is 0 Å². The average molecular weight is 303 g/mol. The Morgan fingerprint density at radius 1 is 0.950 bits per heavy atom. The van der Waals surface area contributed by atoms with Gasteiger partial charge in [-0.25, -0.2) is 0 Å². The lowest BCUT2D eigenvalue weighted by atomic mass is 10.1. The molecule has 0 saturated carbocycles. The molecule has 2 aromatic carbocycles. The molecule has 4 heteroatoms. The van der Waals surface area contributed by atoms with Gasteiger partial charge in [0.1, 0.15) is 0 Å². The number of fused-ring (bicyclic) bond motifs is 1. The van der Waals surface area contributed by atoms with Crippen LogP contribution in [-0.2, 0) is 0 Å². The Kier molecular flexibility index (Phi) is 3.51. The van der Waals surface area contributed by atoms with Gasteiger partial charge in [-0.3, -0.25) is 4.98 Å². The lowest BCUT2D eigenvalue weighted by Gasteiger charge is -2.11. The van der Waals surface area contributed by atoms with E-state index in [4.69, 9.17) is 23.2 Å². The van der Waals surface area contributed by atoms with Gasteiger partial charge < -0.3 is 5.32 Å². The highest BCUT2D eigenvalue weighted by Gasteiger charge is 2.05. The Morgan fingerprint density at radius 2 is 1.75 bits per heavy atom. The van der Waals surface area contributed by atoms with Gasteiger partial charge in [-0.05, 0) is 49.4 Å². The van der Waals surface area contributed by atoms with E-state index in [1.54, 1.807) is 0 Å².